The minimum absolute atomic E-state index is 0.112. The van der Waals surface area contributed by atoms with Gasteiger partial charge in [-0.3, -0.25) is 4.79 Å². The summed E-state index contributed by atoms with van der Waals surface area (Å²) in [4.78, 5) is 15.1. The molecule has 2 rings (SSSR count). The SMILES string of the molecule is NCCCCCCC(=O)Nc1ccc(-c2noc(C(F)(F)F)n2)cc1. The molecule has 0 spiro atoms. The van der Waals surface area contributed by atoms with Crippen LogP contribution in [-0.4, -0.2) is 22.6 Å². The summed E-state index contributed by atoms with van der Waals surface area (Å²) in [5.41, 5.74) is 6.31. The number of anilines is 1. The third-order valence-corrected chi connectivity index (χ3v) is 3.45. The van der Waals surface area contributed by atoms with Crippen molar-refractivity contribution in [2.75, 3.05) is 11.9 Å². The quantitative estimate of drug-likeness (QED) is 0.705. The lowest BCUT2D eigenvalue weighted by molar-refractivity contribution is -0.159. The van der Waals surface area contributed by atoms with Gasteiger partial charge in [-0.05, 0) is 43.7 Å². The van der Waals surface area contributed by atoms with Crippen molar-refractivity contribution in [2.45, 2.75) is 38.3 Å². The lowest BCUT2D eigenvalue weighted by atomic mass is 10.1. The number of alkyl halides is 3. The number of benzene rings is 1. The second kappa shape index (κ2) is 8.61. The summed E-state index contributed by atoms with van der Waals surface area (Å²) < 4.78 is 41.5. The van der Waals surface area contributed by atoms with Gasteiger partial charge in [-0.15, -0.1) is 0 Å². The van der Waals surface area contributed by atoms with E-state index in [1.807, 2.05) is 0 Å². The first-order valence-corrected chi connectivity index (χ1v) is 7.91. The smallest absolute Gasteiger partial charge is 0.330 e. The fraction of sp³-hybridized carbons (Fsp3) is 0.438. The van der Waals surface area contributed by atoms with Crippen molar-refractivity contribution in [1.82, 2.24) is 10.1 Å². The van der Waals surface area contributed by atoms with Crippen LogP contribution < -0.4 is 11.1 Å². The van der Waals surface area contributed by atoms with Crippen LogP contribution in [0.3, 0.4) is 0 Å². The minimum Gasteiger partial charge on any atom is -0.330 e. The van der Waals surface area contributed by atoms with Gasteiger partial charge in [0.05, 0.1) is 0 Å². The second-order valence-electron chi connectivity index (χ2n) is 5.50. The molecule has 0 saturated carbocycles. The van der Waals surface area contributed by atoms with E-state index in [-0.39, 0.29) is 11.7 Å². The van der Waals surface area contributed by atoms with Gasteiger partial charge in [0.15, 0.2) is 0 Å². The van der Waals surface area contributed by atoms with Crippen LogP contribution in [0.15, 0.2) is 28.8 Å². The lowest BCUT2D eigenvalue weighted by Gasteiger charge is -2.05. The molecule has 0 fully saturated rings. The predicted octanol–water partition coefficient (Wildman–Crippen LogP) is 3.60. The molecule has 0 radical (unpaired) electrons. The van der Waals surface area contributed by atoms with Crippen LogP contribution in [0.25, 0.3) is 11.4 Å². The van der Waals surface area contributed by atoms with E-state index >= 15 is 0 Å². The normalized spacial score (nSPS) is 11.5. The van der Waals surface area contributed by atoms with Crippen LogP contribution in [-0.2, 0) is 11.0 Å². The number of nitrogens with one attached hydrogen (secondary N) is 1. The zero-order chi connectivity index (χ0) is 18.3. The Bertz CT molecular complexity index is 683. The third kappa shape index (κ3) is 5.86. The Morgan fingerprint density at radius 1 is 1.12 bits per heavy atom. The van der Waals surface area contributed by atoms with Crippen LogP contribution >= 0.6 is 0 Å². The molecule has 0 bridgehead atoms. The fourth-order valence-electron chi connectivity index (χ4n) is 2.17. The summed E-state index contributed by atoms with van der Waals surface area (Å²) in [7, 11) is 0. The maximum atomic E-state index is 12.4. The molecule has 6 nitrogen and oxygen atoms in total. The first kappa shape index (κ1) is 18.9. The Hall–Kier alpha value is -2.42. The summed E-state index contributed by atoms with van der Waals surface area (Å²) in [6, 6.07) is 6.18. The molecule has 0 atom stereocenters. The van der Waals surface area contributed by atoms with Crippen LogP contribution in [0, 0.1) is 0 Å². The molecular weight excluding hydrogens is 337 g/mol. The number of carbonyl (C=O) groups is 1. The molecule has 1 amide bonds. The fourth-order valence-corrected chi connectivity index (χ4v) is 2.17. The highest BCUT2D eigenvalue weighted by atomic mass is 19.4. The minimum atomic E-state index is -4.68. The average molecular weight is 356 g/mol. The molecular formula is C16H19F3N4O2. The summed E-state index contributed by atoms with van der Waals surface area (Å²) in [6.45, 7) is 0.656. The molecule has 1 aromatic carbocycles. The molecule has 0 saturated heterocycles. The highest BCUT2D eigenvalue weighted by Gasteiger charge is 2.38. The maximum Gasteiger partial charge on any atom is 0.471 e. The molecule has 0 aliphatic heterocycles. The lowest BCUT2D eigenvalue weighted by Crippen LogP contribution is -2.11. The number of amides is 1. The van der Waals surface area contributed by atoms with Crippen LogP contribution in [0.2, 0.25) is 0 Å². The average Bonchev–Trinajstić information content (AvgIpc) is 3.06. The highest BCUT2D eigenvalue weighted by molar-refractivity contribution is 5.90. The summed E-state index contributed by atoms with van der Waals surface area (Å²) in [5, 5.41) is 6.04. The molecule has 0 aliphatic rings. The molecule has 2 aromatic rings. The standard InChI is InChI=1S/C16H19F3N4O2/c17-16(18,19)15-22-14(23-25-15)11-6-8-12(9-7-11)21-13(24)5-3-1-2-4-10-20/h6-9H,1-5,10,20H2,(H,21,24). The Kier molecular flexibility index (Phi) is 6.51. The Morgan fingerprint density at radius 2 is 1.80 bits per heavy atom. The van der Waals surface area contributed by atoms with E-state index in [1.54, 1.807) is 12.1 Å². The largest absolute Gasteiger partial charge is 0.471 e. The van der Waals surface area contributed by atoms with Gasteiger partial charge in [-0.25, -0.2) is 0 Å². The number of hydrogen-bond acceptors (Lipinski definition) is 5. The molecule has 3 N–H and O–H groups in total. The summed E-state index contributed by atoms with van der Waals surface area (Å²) in [5.74, 6) is -1.67. The van der Waals surface area contributed by atoms with Gasteiger partial charge in [-0.1, -0.05) is 18.0 Å². The van der Waals surface area contributed by atoms with Crippen molar-refractivity contribution in [3.05, 3.63) is 30.2 Å². The topological polar surface area (TPSA) is 94.0 Å². The van der Waals surface area contributed by atoms with E-state index < -0.39 is 12.1 Å². The molecule has 1 heterocycles. The number of carbonyl (C=O) groups excluding carboxylic acids is 1. The molecule has 0 aliphatic carbocycles. The van der Waals surface area contributed by atoms with Gasteiger partial charge >= 0.3 is 12.1 Å². The van der Waals surface area contributed by atoms with Crippen molar-refractivity contribution in [3.8, 4) is 11.4 Å². The Balaban J connectivity index is 1.87. The Morgan fingerprint density at radius 3 is 2.40 bits per heavy atom. The third-order valence-electron chi connectivity index (χ3n) is 3.45. The van der Waals surface area contributed by atoms with Crippen molar-refractivity contribution < 1.29 is 22.5 Å². The number of rotatable bonds is 8. The van der Waals surface area contributed by atoms with Crippen LogP contribution in [0.1, 0.15) is 38.0 Å². The number of unbranched alkanes of at least 4 members (excludes halogenated alkanes) is 3. The number of nitrogens with two attached hydrogens (primary N) is 1. The number of hydrogen-bond donors (Lipinski definition) is 2. The highest BCUT2D eigenvalue weighted by Crippen LogP contribution is 2.29. The summed E-state index contributed by atoms with van der Waals surface area (Å²) >= 11 is 0. The van der Waals surface area contributed by atoms with Gasteiger partial charge in [0, 0.05) is 17.7 Å². The first-order chi connectivity index (χ1) is 11.9. The molecule has 9 heteroatoms. The predicted molar refractivity (Wildman–Crippen MR) is 85.5 cm³/mol. The van der Waals surface area contributed by atoms with E-state index in [1.165, 1.54) is 12.1 Å². The zero-order valence-corrected chi connectivity index (χ0v) is 13.5. The van der Waals surface area contributed by atoms with Gasteiger partial charge in [0.2, 0.25) is 11.7 Å². The first-order valence-electron chi connectivity index (χ1n) is 7.91. The van der Waals surface area contributed by atoms with E-state index in [0.717, 1.165) is 25.7 Å². The number of halogens is 3. The van der Waals surface area contributed by atoms with Crippen molar-refractivity contribution in [2.24, 2.45) is 5.73 Å². The second-order valence-corrected chi connectivity index (χ2v) is 5.50. The summed E-state index contributed by atoms with van der Waals surface area (Å²) in [6.07, 6.45) is -0.580. The van der Waals surface area contributed by atoms with Crippen LogP contribution in [0.5, 0.6) is 0 Å². The molecule has 25 heavy (non-hydrogen) atoms. The van der Waals surface area contributed by atoms with E-state index in [9.17, 15) is 18.0 Å². The van der Waals surface area contributed by atoms with E-state index in [0.29, 0.717) is 24.2 Å². The molecule has 1 aromatic heterocycles. The monoisotopic (exact) mass is 356 g/mol. The molecule has 0 unspecified atom stereocenters. The van der Waals surface area contributed by atoms with Crippen molar-refractivity contribution in [3.63, 3.8) is 0 Å². The van der Waals surface area contributed by atoms with Gasteiger partial charge in [-0.2, -0.15) is 18.2 Å². The van der Waals surface area contributed by atoms with E-state index in [4.69, 9.17) is 5.73 Å². The van der Waals surface area contributed by atoms with E-state index in [2.05, 4.69) is 20.0 Å². The number of aromatic nitrogens is 2. The van der Waals surface area contributed by atoms with Crippen LogP contribution in [0.4, 0.5) is 18.9 Å². The van der Waals surface area contributed by atoms with Crippen molar-refractivity contribution in [1.29, 1.82) is 0 Å². The maximum absolute atomic E-state index is 12.4. The van der Waals surface area contributed by atoms with Crippen molar-refractivity contribution >= 4 is 11.6 Å². The molecule has 136 valence electrons. The van der Waals surface area contributed by atoms with Gasteiger partial charge < -0.3 is 15.6 Å². The zero-order valence-electron chi connectivity index (χ0n) is 13.5. The Labute approximate surface area is 142 Å². The van der Waals surface area contributed by atoms with Gasteiger partial charge in [0.1, 0.15) is 0 Å². The number of nitrogens with zero attached hydrogens (tertiary/aromatic N) is 2. The van der Waals surface area contributed by atoms with Gasteiger partial charge in [0.25, 0.3) is 0 Å².